The van der Waals surface area contributed by atoms with Crippen LogP contribution in [0.5, 0.6) is 0 Å². The topological polar surface area (TPSA) is 95.1 Å². The van der Waals surface area contributed by atoms with Gasteiger partial charge in [-0.3, -0.25) is 15.6 Å². The SMILES string of the molecule is CCN(CC)CC(C)NCc1cccc(NC(=O)Nc2csc(-c3ccncc3)n2)n1. The number of amides is 2. The number of hydrogen-bond donors (Lipinski definition) is 3. The molecule has 3 aromatic rings. The summed E-state index contributed by atoms with van der Waals surface area (Å²) in [5.41, 5.74) is 1.84. The van der Waals surface area contributed by atoms with Gasteiger partial charge in [0.05, 0.1) is 5.69 Å². The second kappa shape index (κ2) is 11.5. The van der Waals surface area contributed by atoms with Crippen molar-refractivity contribution in [1.82, 2.24) is 25.2 Å². The van der Waals surface area contributed by atoms with Crippen molar-refractivity contribution in [3.63, 3.8) is 0 Å². The average molecular weight is 440 g/mol. The van der Waals surface area contributed by atoms with Crippen LogP contribution in [0.3, 0.4) is 0 Å². The van der Waals surface area contributed by atoms with E-state index in [-0.39, 0.29) is 6.03 Å². The first-order chi connectivity index (χ1) is 15.1. The molecule has 0 saturated carbocycles. The van der Waals surface area contributed by atoms with Crippen molar-refractivity contribution in [2.75, 3.05) is 30.3 Å². The largest absolute Gasteiger partial charge is 0.326 e. The van der Waals surface area contributed by atoms with Crippen molar-refractivity contribution >= 4 is 29.0 Å². The Kier molecular flexibility index (Phi) is 8.45. The Hall–Kier alpha value is -2.88. The molecule has 1 atom stereocenters. The molecule has 3 heterocycles. The molecule has 0 radical (unpaired) electrons. The average Bonchev–Trinajstić information content (AvgIpc) is 3.25. The normalized spacial score (nSPS) is 12.0. The Morgan fingerprint density at radius 3 is 2.55 bits per heavy atom. The molecule has 9 heteroatoms. The van der Waals surface area contributed by atoms with E-state index >= 15 is 0 Å². The van der Waals surface area contributed by atoms with Crippen LogP contribution in [0.4, 0.5) is 16.4 Å². The summed E-state index contributed by atoms with van der Waals surface area (Å²) in [6.45, 7) is 10.2. The van der Waals surface area contributed by atoms with E-state index in [0.29, 0.717) is 24.2 Å². The molecule has 0 aliphatic heterocycles. The molecule has 164 valence electrons. The van der Waals surface area contributed by atoms with E-state index in [1.54, 1.807) is 23.8 Å². The van der Waals surface area contributed by atoms with Gasteiger partial charge in [-0.2, -0.15) is 0 Å². The highest BCUT2D eigenvalue weighted by molar-refractivity contribution is 7.13. The van der Waals surface area contributed by atoms with Crippen LogP contribution in [-0.2, 0) is 6.54 Å². The third kappa shape index (κ3) is 7.09. The third-order valence-electron chi connectivity index (χ3n) is 4.78. The van der Waals surface area contributed by atoms with Crippen LogP contribution < -0.4 is 16.0 Å². The van der Waals surface area contributed by atoms with Crippen molar-refractivity contribution < 1.29 is 4.79 Å². The van der Waals surface area contributed by atoms with Crippen molar-refractivity contribution in [1.29, 1.82) is 0 Å². The van der Waals surface area contributed by atoms with E-state index in [2.05, 4.69) is 56.6 Å². The Morgan fingerprint density at radius 1 is 1.06 bits per heavy atom. The Labute approximate surface area is 187 Å². The number of likely N-dealkylation sites (N-methyl/N-ethyl adjacent to an activating group) is 1. The van der Waals surface area contributed by atoms with E-state index in [0.717, 1.165) is 35.9 Å². The van der Waals surface area contributed by atoms with Crippen LogP contribution in [-0.4, -0.2) is 51.6 Å². The fourth-order valence-corrected chi connectivity index (χ4v) is 3.84. The molecule has 0 aromatic carbocycles. The van der Waals surface area contributed by atoms with E-state index in [1.807, 2.05) is 24.3 Å². The number of carbonyl (C=O) groups is 1. The highest BCUT2D eigenvalue weighted by Crippen LogP contribution is 2.25. The predicted octanol–water partition coefficient (Wildman–Crippen LogP) is 4.06. The van der Waals surface area contributed by atoms with Crippen molar-refractivity contribution in [2.24, 2.45) is 0 Å². The molecule has 31 heavy (non-hydrogen) atoms. The Bertz CT molecular complexity index is 959. The maximum absolute atomic E-state index is 12.4. The molecule has 0 aliphatic rings. The number of nitrogens with one attached hydrogen (secondary N) is 3. The van der Waals surface area contributed by atoms with Gasteiger partial charge in [-0.15, -0.1) is 11.3 Å². The molecule has 1 unspecified atom stereocenters. The van der Waals surface area contributed by atoms with E-state index in [9.17, 15) is 4.79 Å². The lowest BCUT2D eigenvalue weighted by atomic mass is 10.2. The number of carbonyl (C=O) groups excluding carboxylic acids is 1. The zero-order chi connectivity index (χ0) is 22.1. The first-order valence-electron chi connectivity index (χ1n) is 10.4. The van der Waals surface area contributed by atoms with E-state index < -0.39 is 0 Å². The van der Waals surface area contributed by atoms with Gasteiger partial charge in [-0.1, -0.05) is 19.9 Å². The summed E-state index contributed by atoms with van der Waals surface area (Å²) in [4.78, 5) is 27.7. The van der Waals surface area contributed by atoms with Crippen LogP contribution >= 0.6 is 11.3 Å². The van der Waals surface area contributed by atoms with Crippen molar-refractivity contribution in [2.45, 2.75) is 33.4 Å². The van der Waals surface area contributed by atoms with Gasteiger partial charge in [0.2, 0.25) is 0 Å². The molecule has 3 aromatic heterocycles. The first kappa shape index (κ1) is 22.8. The minimum absolute atomic E-state index is 0.348. The molecule has 3 N–H and O–H groups in total. The lowest BCUT2D eigenvalue weighted by Crippen LogP contribution is -2.38. The lowest BCUT2D eigenvalue weighted by Gasteiger charge is -2.23. The van der Waals surface area contributed by atoms with Crippen LogP contribution in [0.25, 0.3) is 10.6 Å². The molecule has 0 bridgehead atoms. The van der Waals surface area contributed by atoms with Crippen LogP contribution in [0.1, 0.15) is 26.5 Å². The molecule has 0 saturated heterocycles. The second-order valence-electron chi connectivity index (χ2n) is 7.13. The maximum atomic E-state index is 12.4. The van der Waals surface area contributed by atoms with E-state index in [4.69, 9.17) is 0 Å². The number of pyridine rings is 2. The highest BCUT2D eigenvalue weighted by atomic mass is 32.1. The molecule has 2 amide bonds. The number of rotatable bonds is 10. The van der Waals surface area contributed by atoms with Gasteiger partial charge in [0.1, 0.15) is 16.6 Å². The summed E-state index contributed by atoms with van der Waals surface area (Å²) < 4.78 is 0. The van der Waals surface area contributed by atoms with Crippen molar-refractivity contribution in [3.8, 4) is 10.6 Å². The van der Waals surface area contributed by atoms with Crippen LogP contribution in [0.15, 0.2) is 48.1 Å². The predicted molar refractivity (Wildman–Crippen MR) is 126 cm³/mol. The fraction of sp³-hybridized carbons (Fsp3) is 0.364. The van der Waals surface area contributed by atoms with Crippen molar-refractivity contribution in [3.05, 3.63) is 53.8 Å². The number of nitrogens with zero attached hydrogens (tertiary/aromatic N) is 4. The van der Waals surface area contributed by atoms with Crippen LogP contribution in [0.2, 0.25) is 0 Å². The zero-order valence-electron chi connectivity index (χ0n) is 18.1. The summed E-state index contributed by atoms with van der Waals surface area (Å²) in [6.07, 6.45) is 3.43. The van der Waals surface area contributed by atoms with Gasteiger partial charge in [-0.05, 0) is 44.3 Å². The number of hydrogen-bond acceptors (Lipinski definition) is 7. The van der Waals surface area contributed by atoms with Gasteiger partial charge in [0.15, 0.2) is 0 Å². The maximum Gasteiger partial charge on any atom is 0.326 e. The highest BCUT2D eigenvalue weighted by Gasteiger charge is 2.10. The molecule has 0 fully saturated rings. The summed E-state index contributed by atoms with van der Waals surface area (Å²) >= 11 is 1.46. The first-order valence-corrected chi connectivity index (χ1v) is 11.3. The fourth-order valence-electron chi connectivity index (χ4n) is 3.08. The second-order valence-corrected chi connectivity index (χ2v) is 7.99. The van der Waals surface area contributed by atoms with Gasteiger partial charge in [0.25, 0.3) is 0 Å². The minimum Gasteiger partial charge on any atom is -0.307 e. The third-order valence-corrected chi connectivity index (χ3v) is 5.67. The van der Waals surface area contributed by atoms with Gasteiger partial charge in [0, 0.05) is 42.5 Å². The monoisotopic (exact) mass is 439 g/mol. The standard InChI is InChI=1S/C22H29N7OS/c1-4-29(5-2)14-16(3)24-13-18-7-6-8-19(25-18)27-22(30)28-20-15-31-21(26-20)17-9-11-23-12-10-17/h6-12,15-16,24H,4-5,13-14H2,1-3H3,(H2,25,27,28,30). The summed E-state index contributed by atoms with van der Waals surface area (Å²) in [5, 5.41) is 11.7. The number of aromatic nitrogens is 3. The van der Waals surface area contributed by atoms with Gasteiger partial charge >= 0.3 is 6.03 Å². The molecular weight excluding hydrogens is 410 g/mol. The molecule has 0 aliphatic carbocycles. The molecular formula is C22H29N7OS. The molecule has 0 spiro atoms. The summed E-state index contributed by atoms with van der Waals surface area (Å²) in [5.74, 6) is 0.996. The van der Waals surface area contributed by atoms with Gasteiger partial charge < -0.3 is 10.2 Å². The zero-order valence-corrected chi connectivity index (χ0v) is 18.9. The number of urea groups is 1. The summed E-state index contributed by atoms with van der Waals surface area (Å²) in [7, 11) is 0. The lowest BCUT2D eigenvalue weighted by molar-refractivity contribution is 0.262. The number of anilines is 2. The quantitative estimate of drug-likeness (QED) is 0.441. The minimum atomic E-state index is -0.376. The van der Waals surface area contributed by atoms with Crippen LogP contribution in [0, 0.1) is 0 Å². The Balaban J connectivity index is 1.51. The molecule has 3 rings (SSSR count). The van der Waals surface area contributed by atoms with E-state index in [1.165, 1.54) is 11.3 Å². The molecule has 8 nitrogen and oxygen atoms in total. The smallest absolute Gasteiger partial charge is 0.307 e. The van der Waals surface area contributed by atoms with Gasteiger partial charge in [-0.25, -0.2) is 14.8 Å². The summed E-state index contributed by atoms with van der Waals surface area (Å²) in [6, 6.07) is 9.34. The number of thiazole rings is 1. The Morgan fingerprint density at radius 2 is 1.81 bits per heavy atom.